The van der Waals surface area contributed by atoms with Crippen molar-refractivity contribution < 1.29 is 18.2 Å². The van der Waals surface area contributed by atoms with E-state index in [9.17, 15) is 0 Å². The molecule has 0 spiro atoms. The molecule has 0 aromatic rings. The molecule has 0 saturated carbocycles. The molecule has 1 aliphatic carbocycles. The van der Waals surface area contributed by atoms with E-state index >= 15 is 0 Å². The molecule has 1 nitrogen and oxygen atoms in total. The normalized spacial score (nSPS) is 17.8. The van der Waals surface area contributed by atoms with Gasteiger partial charge in [-0.25, -0.2) is 0 Å². The molecule has 0 radical (unpaired) electrons. The van der Waals surface area contributed by atoms with E-state index in [2.05, 4.69) is 36.2 Å². The fourth-order valence-electron chi connectivity index (χ4n) is 1.23. The maximum absolute atomic E-state index is 6.38. The Kier molecular flexibility index (Phi) is 3.85. The number of allylic oxidation sites excluding steroid dienone is 4. The van der Waals surface area contributed by atoms with Crippen molar-refractivity contribution in [1.29, 1.82) is 0 Å². The molecule has 1 aliphatic rings. The van der Waals surface area contributed by atoms with Gasteiger partial charge >= 0.3 is 92.7 Å². The Morgan fingerprint density at radius 1 is 1.38 bits per heavy atom. The molecule has 1 N–H and O–H groups in total. The average Bonchev–Trinajstić information content (AvgIpc) is 2.29. The number of nitrogens with one attached hydrogen (secondary N) is 1. The first-order chi connectivity index (χ1) is 5.81. The predicted octanol–water partition coefficient (Wildman–Crippen LogP) is 3.59. The van der Waals surface area contributed by atoms with Gasteiger partial charge in [-0.3, -0.25) is 0 Å². The van der Waals surface area contributed by atoms with Gasteiger partial charge in [0.2, 0.25) is 0 Å². The van der Waals surface area contributed by atoms with E-state index < -0.39 is 18.2 Å². The summed E-state index contributed by atoms with van der Waals surface area (Å²) in [6, 6.07) is 0. The van der Waals surface area contributed by atoms with Gasteiger partial charge in [-0.05, 0) is 0 Å². The third-order valence-corrected chi connectivity index (χ3v) is 11.2. The van der Waals surface area contributed by atoms with Crippen molar-refractivity contribution in [1.82, 2.24) is 3.26 Å². The van der Waals surface area contributed by atoms with Crippen molar-refractivity contribution in [3.8, 4) is 0 Å². The second kappa shape index (κ2) is 4.18. The van der Waals surface area contributed by atoms with Crippen molar-refractivity contribution >= 4 is 17.0 Å². The van der Waals surface area contributed by atoms with Crippen LogP contribution in [0.5, 0.6) is 0 Å². The van der Waals surface area contributed by atoms with E-state index in [1.807, 2.05) is 6.08 Å². The van der Waals surface area contributed by atoms with E-state index in [1.165, 1.54) is 3.28 Å². The van der Waals surface area contributed by atoms with E-state index in [4.69, 9.17) is 17.0 Å². The van der Waals surface area contributed by atoms with Gasteiger partial charge < -0.3 is 0 Å². The number of halogens is 2. The first-order valence-corrected chi connectivity index (χ1v) is 13.1. The second-order valence-corrected chi connectivity index (χ2v) is 17.1. The third kappa shape index (κ3) is 3.87. The van der Waals surface area contributed by atoms with Crippen LogP contribution in [0.25, 0.3) is 0 Å². The Balaban J connectivity index is 2.66. The number of rotatable bonds is 2. The van der Waals surface area contributed by atoms with Crippen LogP contribution in [0.3, 0.4) is 0 Å². The Morgan fingerprint density at radius 3 is 2.38 bits per heavy atom. The number of hydrogen-bond acceptors (Lipinski definition) is 1. The summed E-state index contributed by atoms with van der Waals surface area (Å²) >= 11 is -3.17. The molecular formula is C9H15Cl2NZr. The summed E-state index contributed by atoms with van der Waals surface area (Å²) in [5.74, 6) is 0. The Hall–Kier alpha value is 0.903. The summed E-state index contributed by atoms with van der Waals surface area (Å²) in [5, 5.41) is 0. The molecular weight excluding hydrogens is 284 g/mol. The summed E-state index contributed by atoms with van der Waals surface area (Å²) < 4.78 is 4.59. The molecule has 13 heavy (non-hydrogen) atoms. The molecule has 4 heteroatoms. The van der Waals surface area contributed by atoms with Gasteiger partial charge in [0.25, 0.3) is 0 Å². The van der Waals surface area contributed by atoms with Gasteiger partial charge in [-0.1, -0.05) is 0 Å². The Bertz CT molecular complexity index is 251. The summed E-state index contributed by atoms with van der Waals surface area (Å²) in [7, 11) is 12.8. The fourth-order valence-corrected chi connectivity index (χ4v) is 10.6. The van der Waals surface area contributed by atoms with Crippen molar-refractivity contribution in [2.24, 2.45) is 0 Å². The standard InChI is InChI=1S/C5H5.C4H10N.2ClH.Zr/c1-2-4-5-3-1;1-4(2,3)5;;;/h1-3H,4H2;5H,1-3H3;2*1H;/q;-1;;;+3/p-2. The van der Waals surface area contributed by atoms with Crippen LogP contribution in [0.1, 0.15) is 27.2 Å². The van der Waals surface area contributed by atoms with Crippen LogP contribution in [-0.2, 0) is 18.2 Å². The van der Waals surface area contributed by atoms with Crippen LogP contribution in [0.15, 0.2) is 21.5 Å². The molecule has 0 fully saturated rings. The van der Waals surface area contributed by atoms with Gasteiger partial charge in [0.15, 0.2) is 0 Å². The van der Waals surface area contributed by atoms with E-state index in [0.717, 1.165) is 6.42 Å². The summed E-state index contributed by atoms with van der Waals surface area (Å²) in [6.45, 7) is 6.27. The SMILES string of the molecule is CC(C)(C)[NH][Zr]([Cl])([Cl])[C]1=CC=CC1. The van der Waals surface area contributed by atoms with E-state index in [1.54, 1.807) is 0 Å². The average molecular weight is 299 g/mol. The zero-order chi connectivity index (χ0) is 10.1. The van der Waals surface area contributed by atoms with Crippen LogP contribution >= 0.6 is 17.0 Å². The molecule has 0 aromatic heterocycles. The first-order valence-electron chi connectivity index (χ1n) is 4.35. The van der Waals surface area contributed by atoms with Crippen LogP contribution in [0, 0.1) is 0 Å². The molecule has 0 bridgehead atoms. The Morgan fingerprint density at radius 2 is 2.00 bits per heavy atom. The van der Waals surface area contributed by atoms with Crippen LogP contribution < -0.4 is 3.26 Å². The summed E-state index contributed by atoms with van der Waals surface area (Å²) in [5.41, 5.74) is 0.00299. The zero-order valence-electron chi connectivity index (χ0n) is 8.20. The van der Waals surface area contributed by atoms with Crippen molar-refractivity contribution in [3.63, 3.8) is 0 Å². The molecule has 0 aromatic carbocycles. The van der Waals surface area contributed by atoms with Crippen molar-refractivity contribution in [2.75, 3.05) is 0 Å². The van der Waals surface area contributed by atoms with Gasteiger partial charge in [0, 0.05) is 0 Å². The molecule has 0 saturated heterocycles. The minimum atomic E-state index is -3.17. The first kappa shape index (κ1) is 12.0. The minimum absolute atomic E-state index is 0.00299. The van der Waals surface area contributed by atoms with Gasteiger partial charge in [0.1, 0.15) is 0 Å². The zero-order valence-corrected chi connectivity index (χ0v) is 12.2. The molecule has 0 heterocycles. The van der Waals surface area contributed by atoms with E-state index in [0.29, 0.717) is 0 Å². The van der Waals surface area contributed by atoms with Crippen molar-refractivity contribution in [3.05, 3.63) is 21.5 Å². The van der Waals surface area contributed by atoms with Gasteiger partial charge in [-0.15, -0.1) is 0 Å². The summed E-state index contributed by atoms with van der Waals surface area (Å²) in [4.78, 5) is 0. The number of hydrogen-bond donors (Lipinski definition) is 1. The maximum atomic E-state index is 6.38. The third-order valence-electron chi connectivity index (χ3n) is 1.71. The van der Waals surface area contributed by atoms with Crippen LogP contribution in [0.4, 0.5) is 0 Å². The monoisotopic (exact) mass is 297 g/mol. The molecule has 0 unspecified atom stereocenters. The van der Waals surface area contributed by atoms with Gasteiger partial charge in [-0.2, -0.15) is 0 Å². The van der Waals surface area contributed by atoms with Crippen LogP contribution in [-0.4, -0.2) is 5.54 Å². The van der Waals surface area contributed by atoms with Crippen LogP contribution in [0.2, 0.25) is 0 Å². The summed E-state index contributed by atoms with van der Waals surface area (Å²) in [6.07, 6.45) is 7.09. The molecule has 0 atom stereocenters. The molecule has 0 aliphatic heterocycles. The second-order valence-electron chi connectivity index (χ2n) is 4.27. The molecule has 0 amide bonds. The predicted molar refractivity (Wildman–Crippen MR) is 56.4 cm³/mol. The van der Waals surface area contributed by atoms with Crippen molar-refractivity contribution in [2.45, 2.75) is 32.7 Å². The molecule has 1 rings (SSSR count). The quantitative estimate of drug-likeness (QED) is 0.821. The fraction of sp³-hybridized carbons (Fsp3) is 0.556. The topological polar surface area (TPSA) is 12.0 Å². The Labute approximate surface area is 92.1 Å². The van der Waals surface area contributed by atoms with E-state index in [-0.39, 0.29) is 5.54 Å². The van der Waals surface area contributed by atoms with Gasteiger partial charge in [0.05, 0.1) is 0 Å². The molecule has 74 valence electrons.